The van der Waals surface area contributed by atoms with Crippen LogP contribution in [0, 0.1) is 18.3 Å². The van der Waals surface area contributed by atoms with Crippen LogP contribution in [0.25, 0.3) is 0 Å². The van der Waals surface area contributed by atoms with Crippen molar-refractivity contribution in [2.24, 2.45) is 0 Å². The van der Waals surface area contributed by atoms with Crippen LogP contribution in [-0.2, 0) is 9.84 Å². The topological polar surface area (TPSA) is 96.0 Å². The Morgan fingerprint density at radius 3 is 2.48 bits per heavy atom. The first kappa shape index (κ1) is 14.9. The standard InChI is InChI=1S/C15H15N3O2S/c1-10-4-3-5-14(12(10)9-16)18-15-7-6-11(8-13(15)17)21(2,19)20/h3-8,18H,17H2,1-2H3. The van der Waals surface area contributed by atoms with Gasteiger partial charge in [-0.2, -0.15) is 5.26 Å². The highest BCUT2D eigenvalue weighted by atomic mass is 32.2. The number of nitrogens with two attached hydrogens (primary N) is 1. The minimum atomic E-state index is -3.29. The maximum absolute atomic E-state index is 11.5. The van der Waals surface area contributed by atoms with E-state index >= 15 is 0 Å². The zero-order valence-electron chi connectivity index (χ0n) is 11.7. The van der Waals surface area contributed by atoms with E-state index in [1.54, 1.807) is 12.1 Å². The third-order valence-electron chi connectivity index (χ3n) is 3.11. The van der Waals surface area contributed by atoms with Crippen molar-refractivity contribution in [3.63, 3.8) is 0 Å². The fraction of sp³-hybridized carbons (Fsp3) is 0.133. The van der Waals surface area contributed by atoms with Crippen LogP contribution in [0.2, 0.25) is 0 Å². The number of nitriles is 1. The van der Waals surface area contributed by atoms with Crippen LogP contribution in [0.5, 0.6) is 0 Å². The van der Waals surface area contributed by atoms with E-state index in [9.17, 15) is 13.7 Å². The molecule has 0 radical (unpaired) electrons. The van der Waals surface area contributed by atoms with Gasteiger partial charge in [-0.05, 0) is 36.8 Å². The van der Waals surface area contributed by atoms with Crippen molar-refractivity contribution >= 4 is 26.9 Å². The van der Waals surface area contributed by atoms with E-state index in [4.69, 9.17) is 5.73 Å². The Kier molecular flexibility index (Phi) is 3.87. The molecule has 0 aliphatic carbocycles. The summed E-state index contributed by atoms with van der Waals surface area (Å²) in [4.78, 5) is 0.162. The summed E-state index contributed by atoms with van der Waals surface area (Å²) in [5, 5.41) is 12.3. The Labute approximate surface area is 123 Å². The smallest absolute Gasteiger partial charge is 0.175 e. The van der Waals surface area contributed by atoms with Crippen molar-refractivity contribution in [3.05, 3.63) is 47.5 Å². The third kappa shape index (κ3) is 3.15. The summed E-state index contributed by atoms with van der Waals surface area (Å²) in [6.45, 7) is 1.85. The Morgan fingerprint density at radius 2 is 1.90 bits per heavy atom. The first-order valence-corrected chi connectivity index (χ1v) is 8.08. The van der Waals surface area contributed by atoms with Crippen molar-refractivity contribution in [1.29, 1.82) is 5.26 Å². The van der Waals surface area contributed by atoms with E-state index in [-0.39, 0.29) is 4.90 Å². The molecule has 0 saturated heterocycles. The molecule has 6 heteroatoms. The predicted octanol–water partition coefficient (Wildman–Crippen LogP) is 2.60. The van der Waals surface area contributed by atoms with Gasteiger partial charge < -0.3 is 11.1 Å². The average molecular weight is 301 g/mol. The van der Waals surface area contributed by atoms with Gasteiger partial charge in [-0.1, -0.05) is 12.1 Å². The first-order valence-electron chi connectivity index (χ1n) is 6.19. The molecule has 0 aliphatic rings. The number of nitrogens with one attached hydrogen (secondary N) is 1. The molecule has 0 amide bonds. The number of nitrogens with zero attached hydrogens (tertiary/aromatic N) is 1. The van der Waals surface area contributed by atoms with Gasteiger partial charge in [0.1, 0.15) is 6.07 Å². The number of nitrogen functional groups attached to an aromatic ring is 1. The molecule has 2 aromatic carbocycles. The highest BCUT2D eigenvalue weighted by Gasteiger charge is 2.11. The lowest BCUT2D eigenvalue weighted by atomic mass is 10.1. The maximum Gasteiger partial charge on any atom is 0.175 e. The average Bonchev–Trinajstić information content (AvgIpc) is 2.40. The zero-order valence-corrected chi connectivity index (χ0v) is 12.5. The van der Waals surface area contributed by atoms with Gasteiger partial charge >= 0.3 is 0 Å². The van der Waals surface area contributed by atoms with Crippen LogP contribution in [0.1, 0.15) is 11.1 Å². The van der Waals surface area contributed by atoms with E-state index in [0.717, 1.165) is 11.8 Å². The summed E-state index contributed by atoms with van der Waals surface area (Å²) >= 11 is 0. The SMILES string of the molecule is Cc1cccc(Nc2ccc(S(C)(=O)=O)cc2N)c1C#N. The highest BCUT2D eigenvalue weighted by molar-refractivity contribution is 7.90. The second-order valence-corrected chi connectivity index (χ2v) is 6.77. The lowest BCUT2D eigenvalue weighted by Crippen LogP contribution is -2.02. The molecule has 5 nitrogen and oxygen atoms in total. The molecule has 2 rings (SSSR count). The van der Waals surface area contributed by atoms with E-state index in [1.807, 2.05) is 19.1 Å². The van der Waals surface area contributed by atoms with Crippen LogP contribution in [0.3, 0.4) is 0 Å². The number of hydrogen-bond donors (Lipinski definition) is 2. The van der Waals surface area contributed by atoms with Gasteiger partial charge in [0.15, 0.2) is 9.84 Å². The normalized spacial score (nSPS) is 10.9. The fourth-order valence-corrected chi connectivity index (χ4v) is 2.61. The first-order chi connectivity index (χ1) is 9.82. The quantitative estimate of drug-likeness (QED) is 0.849. The third-order valence-corrected chi connectivity index (χ3v) is 4.22. The number of sulfone groups is 1. The Hall–Kier alpha value is -2.52. The predicted molar refractivity (Wildman–Crippen MR) is 83.1 cm³/mol. The van der Waals surface area contributed by atoms with Gasteiger partial charge in [0.2, 0.25) is 0 Å². The maximum atomic E-state index is 11.5. The lowest BCUT2D eigenvalue weighted by Gasteiger charge is -2.12. The van der Waals surface area contributed by atoms with Gasteiger partial charge in [-0.15, -0.1) is 0 Å². The molecule has 108 valence electrons. The van der Waals surface area contributed by atoms with E-state index in [0.29, 0.717) is 22.6 Å². The largest absolute Gasteiger partial charge is 0.397 e. The molecule has 0 atom stereocenters. The number of rotatable bonds is 3. The van der Waals surface area contributed by atoms with Gasteiger partial charge in [0.25, 0.3) is 0 Å². The molecule has 0 saturated carbocycles. The molecule has 0 heterocycles. The second-order valence-electron chi connectivity index (χ2n) is 4.76. The van der Waals surface area contributed by atoms with Crippen LogP contribution < -0.4 is 11.1 Å². The summed E-state index contributed by atoms with van der Waals surface area (Å²) in [5.74, 6) is 0. The minimum Gasteiger partial charge on any atom is -0.397 e. The molecule has 0 aliphatic heterocycles. The van der Waals surface area contributed by atoms with Gasteiger partial charge in [0.05, 0.1) is 27.5 Å². The van der Waals surface area contributed by atoms with Crippen molar-refractivity contribution in [2.75, 3.05) is 17.3 Å². The highest BCUT2D eigenvalue weighted by Crippen LogP contribution is 2.28. The van der Waals surface area contributed by atoms with Crippen LogP contribution in [-0.4, -0.2) is 14.7 Å². The molecular weight excluding hydrogens is 286 g/mol. The number of anilines is 3. The summed E-state index contributed by atoms with van der Waals surface area (Å²) in [6, 6.07) is 12.1. The summed E-state index contributed by atoms with van der Waals surface area (Å²) in [5.41, 5.74) is 8.78. The number of aryl methyl sites for hydroxylation is 1. The Balaban J connectivity index is 2.43. The molecular formula is C15H15N3O2S. The molecule has 0 fully saturated rings. The van der Waals surface area contributed by atoms with Crippen molar-refractivity contribution < 1.29 is 8.42 Å². The van der Waals surface area contributed by atoms with E-state index in [2.05, 4.69) is 11.4 Å². The molecule has 21 heavy (non-hydrogen) atoms. The molecule has 0 bridgehead atoms. The van der Waals surface area contributed by atoms with Gasteiger partial charge in [0, 0.05) is 6.26 Å². The van der Waals surface area contributed by atoms with Gasteiger partial charge in [-0.3, -0.25) is 0 Å². The Morgan fingerprint density at radius 1 is 1.19 bits per heavy atom. The summed E-state index contributed by atoms with van der Waals surface area (Å²) in [7, 11) is -3.29. The number of benzene rings is 2. The molecule has 0 spiro atoms. The number of hydrogen-bond acceptors (Lipinski definition) is 5. The zero-order chi connectivity index (χ0) is 15.6. The molecule has 0 aromatic heterocycles. The van der Waals surface area contributed by atoms with E-state index in [1.165, 1.54) is 12.1 Å². The van der Waals surface area contributed by atoms with E-state index < -0.39 is 9.84 Å². The van der Waals surface area contributed by atoms with Crippen LogP contribution >= 0.6 is 0 Å². The van der Waals surface area contributed by atoms with Crippen molar-refractivity contribution in [1.82, 2.24) is 0 Å². The lowest BCUT2D eigenvalue weighted by molar-refractivity contribution is 0.602. The fourth-order valence-electron chi connectivity index (χ4n) is 1.95. The summed E-state index contributed by atoms with van der Waals surface area (Å²) < 4.78 is 23.0. The van der Waals surface area contributed by atoms with Crippen LogP contribution in [0.15, 0.2) is 41.3 Å². The van der Waals surface area contributed by atoms with Crippen LogP contribution in [0.4, 0.5) is 17.1 Å². The van der Waals surface area contributed by atoms with Crippen molar-refractivity contribution in [3.8, 4) is 6.07 Å². The molecule has 2 aromatic rings. The van der Waals surface area contributed by atoms with Gasteiger partial charge in [-0.25, -0.2) is 8.42 Å². The molecule has 0 unspecified atom stereocenters. The summed E-state index contributed by atoms with van der Waals surface area (Å²) in [6.07, 6.45) is 1.13. The monoisotopic (exact) mass is 301 g/mol. The Bertz CT molecular complexity index is 836. The van der Waals surface area contributed by atoms with Crippen molar-refractivity contribution in [2.45, 2.75) is 11.8 Å². The second kappa shape index (κ2) is 5.46. The minimum absolute atomic E-state index is 0.162. The molecule has 3 N–H and O–H groups in total.